The predicted molar refractivity (Wildman–Crippen MR) is 66.1 cm³/mol. The van der Waals surface area contributed by atoms with E-state index in [0.717, 1.165) is 29.7 Å². The van der Waals surface area contributed by atoms with Crippen molar-refractivity contribution in [3.63, 3.8) is 0 Å². The van der Waals surface area contributed by atoms with Crippen molar-refractivity contribution in [2.45, 2.75) is 39.5 Å². The van der Waals surface area contributed by atoms with Gasteiger partial charge in [0, 0.05) is 11.1 Å². The van der Waals surface area contributed by atoms with Gasteiger partial charge < -0.3 is 4.74 Å². The second-order valence-corrected chi connectivity index (χ2v) is 5.78. The van der Waals surface area contributed by atoms with Gasteiger partial charge in [-0.25, -0.2) is 4.79 Å². The third-order valence-corrected chi connectivity index (χ3v) is 4.63. The van der Waals surface area contributed by atoms with Gasteiger partial charge in [0.2, 0.25) is 0 Å². The largest absolute Gasteiger partial charge is 0.423 e. The minimum atomic E-state index is -0.167. The van der Waals surface area contributed by atoms with Crippen LogP contribution in [0, 0.1) is 11.3 Å². The molecule has 0 aromatic heterocycles. The van der Waals surface area contributed by atoms with Crippen molar-refractivity contribution in [3.8, 4) is 0 Å². The maximum atomic E-state index is 11.6. The highest BCUT2D eigenvalue weighted by molar-refractivity contribution is 5.94. The molecule has 0 aromatic rings. The Morgan fingerprint density at radius 3 is 3.06 bits per heavy atom. The highest BCUT2D eigenvalue weighted by Gasteiger charge is 2.44. The summed E-state index contributed by atoms with van der Waals surface area (Å²) in [7, 11) is 0. The van der Waals surface area contributed by atoms with Crippen LogP contribution in [0.5, 0.6) is 0 Å². The minimum Gasteiger partial charge on any atom is -0.423 e. The highest BCUT2D eigenvalue weighted by atomic mass is 16.5. The normalized spacial score (nSPS) is 36.4. The molecule has 1 fully saturated rings. The maximum absolute atomic E-state index is 11.6. The molecule has 0 bridgehead atoms. The number of fused-ring (bicyclic) bond motifs is 2. The van der Waals surface area contributed by atoms with Crippen molar-refractivity contribution >= 4 is 5.97 Å². The van der Waals surface area contributed by atoms with E-state index in [-0.39, 0.29) is 11.4 Å². The first kappa shape index (κ1) is 10.8. The van der Waals surface area contributed by atoms with Gasteiger partial charge in [-0.15, -0.1) is 0 Å². The third-order valence-electron chi connectivity index (χ3n) is 4.63. The van der Waals surface area contributed by atoms with Gasteiger partial charge in [-0.2, -0.15) is 0 Å². The van der Waals surface area contributed by atoms with Crippen molar-refractivity contribution in [2.75, 3.05) is 0 Å². The number of carbonyl (C=O) groups is 1. The molecular formula is C15H18O2. The summed E-state index contributed by atoms with van der Waals surface area (Å²) < 4.78 is 5.35. The van der Waals surface area contributed by atoms with Crippen LogP contribution in [0.25, 0.3) is 0 Å². The molecular weight excluding hydrogens is 212 g/mol. The Hall–Kier alpha value is -1.31. The number of hydrogen-bond donors (Lipinski definition) is 0. The van der Waals surface area contributed by atoms with E-state index in [9.17, 15) is 4.79 Å². The van der Waals surface area contributed by atoms with Gasteiger partial charge in [-0.3, -0.25) is 0 Å². The van der Waals surface area contributed by atoms with Gasteiger partial charge >= 0.3 is 5.97 Å². The quantitative estimate of drug-likeness (QED) is 0.470. The van der Waals surface area contributed by atoms with Crippen molar-refractivity contribution < 1.29 is 9.53 Å². The van der Waals surface area contributed by atoms with E-state index in [2.05, 4.69) is 19.6 Å². The minimum absolute atomic E-state index is 0.138. The molecule has 2 nitrogen and oxygen atoms in total. The molecule has 1 heterocycles. The van der Waals surface area contributed by atoms with Crippen LogP contribution in [0.15, 0.2) is 35.1 Å². The molecule has 1 saturated carbocycles. The number of rotatable bonds is 0. The summed E-state index contributed by atoms with van der Waals surface area (Å²) in [6.07, 6.45) is 6.60. The average Bonchev–Trinajstić information content (AvgIpc) is 2.52. The summed E-state index contributed by atoms with van der Waals surface area (Å²) in [6, 6.07) is 0. The van der Waals surface area contributed by atoms with Crippen LogP contribution in [0.2, 0.25) is 0 Å². The Morgan fingerprint density at radius 2 is 2.29 bits per heavy atom. The zero-order chi connectivity index (χ0) is 12.2. The standard InChI is InChI=1S/C15H18O2/c1-9-5-4-6-15(3)8-13-11(7-12(9)15)10(2)14(16)17-13/h8,12H,1,4-7H2,2-3H3/t12-,15-/m0/s1. The second kappa shape index (κ2) is 3.34. The van der Waals surface area contributed by atoms with Crippen molar-refractivity contribution in [1.82, 2.24) is 0 Å². The molecule has 0 amide bonds. The molecule has 1 aliphatic heterocycles. The molecule has 0 radical (unpaired) electrons. The summed E-state index contributed by atoms with van der Waals surface area (Å²) in [5.74, 6) is 1.14. The number of carbonyl (C=O) groups excluding carboxylic acids is 1. The van der Waals surface area contributed by atoms with E-state index < -0.39 is 0 Å². The van der Waals surface area contributed by atoms with Crippen molar-refractivity contribution in [1.29, 1.82) is 0 Å². The lowest BCUT2D eigenvalue weighted by atomic mass is 9.60. The Bertz CT molecular complexity index is 481. The van der Waals surface area contributed by atoms with Crippen LogP contribution in [-0.2, 0) is 9.53 Å². The zero-order valence-electron chi connectivity index (χ0n) is 10.5. The SMILES string of the molecule is C=C1CCC[C@@]2(C)C=C3OC(=O)C(C)=C3C[C@@H]12. The average molecular weight is 230 g/mol. The van der Waals surface area contributed by atoms with Crippen LogP contribution in [0.3, 0.4) is 0 Å². The molecule has 0 saturated heterocycles. The van der Waals surface area contributed by atoms with Gasteiger partial charge in [0.1, 0.15) is 5.76 Å². The summed E-state index contributed by atoms with van der Waals surface area (Å²) in [5, 5.41) is 0. The van der Waals surface area contributed by atoms with Crippen molar-refractivity contribution in [3.05, 3.63) is 35.1 Å². The second-order valence-electron chi connectivity index (χ2n) is 5.78. The van der Waals surface area contributed by atoms with E-state index in [1.54, 1.807) is 0 Å². The number of allylic oxidation sites excluding steroid dienone is 3. The van der Waals surface area contributed by atoms with Gasteiger partial charge in [-0.1, -0.05) is 19.1 Å². The Kier molecular flexibility index (Phi) is 2.13. The molecule has 2 atom stereocenters. The fraction of sp³-hybridized carbons (Fsp3) is 0.533. The monoisotopic (exact) mass is 230 g/mol. The van der Waals surface area contributed by atoms with Crippen LogP contribution < -0.4 is 0 Å². The Labute approximate surface area is 102 Å². The van der Waals surface area contributed by atoms with E-state index in [0.29, 0.717) is 5.92 Å². The molecule has 3 aliphatic rings. The van der Waals surface area contributed by atoms with Crippen molar-refractivity contribution in [2.24, 2.45) is 11.3 Å². The topological polar surface area (TPSA) is 26.3 Å². The third kappa shape index (κ3) is 1.43. The van der Waals surface area contributed by atoms with Gasteiger partial charge in [0.05, 0.1) is 0 Å². The molecule has 3 rings (SSSR count). The van der Waals surface area contributed by atoms with Crippen LogP contribution in [-0.4, -0.2) is 5.97 Å². The maximum Gasteiger partial charge on any atom is 0.339 e. The molecule has 2 heteroatoms. The lowest BCUT2D eigenvalue weighted by molar-refractivity contribution is -0.133. The predicted octanol–water partition coefficient (Wildman–Crippen LogP) is 3.51. The van der Waals surface area contributed by atoms with Gasteiger partial charge in [0.25, 0.3) is 0 Å². The Morgan fingerprint density at radius 1 is 1.53 bits per heavy atom. The highest BCUT2D eigenvalue weighted by Crippen LogP contribution is 2.53. The van der Waals surface area contributed by atoms with Crippen LogP contribution >= 0.6 is 0 Å². The molecule has 17 heavy (non-hydrogen) atoms. The molecule has 0 unspecified atom stereocenters. The summed E-state index contributed by atoms with van der Waals surface area (Å²) in [5.41, 5.74) is 3.38. The van der Waals surface area contributed by atoms with E-state index in [1.165, 1.54) is 18.4 Å². The first-order valence-electron chi connectivity index (χ1n) is 6.34. The van der Waals surface area contributed by atoms with Crippen LogP contribution in [0.4, 0.5) is 0 Å². The first-order valence-corrected chi connectivity index (χ1v) is 6.34. The van der Waals surface area contributed by atoms with E-state index >= 15 is 0 Å². The lowest BCUT2D eigenvalue weighted by Crippen LogP contribution is -2.34. The van der Waals surface area contributed by atoms with Gasteiger partial charge in [0.15, 0.2) is 0 Å². The fourth-order valence-corrected chi connectivity index (χ4v) is 3.48. The van der Waals surface area contributed by atoms with E-state index in [1.807, 2.05) is 6.92 Å². The number of hydrogen-bond acceptors (Lipinski definition) is 2. The molecule has 0 aromatic carbocycles. The smallest absolute Gasteiger partial charge is 0.339 e. The number of esters is 1. The number of ether oxygens (including phenoxy) is 1. The molecule has 0 spiro atoms. The van der Waals surface area contributed by atoms with Gasteiger partial charge in [-0.05, 0) is 50.0 Å². The summed E-state index contributed by atoms with van der Waals surface area (Å²) in [6.45, 7) is 8.36. The summed E-state index contributed by atoms with van der Waals surface area (Å²) in [4.78, 5) is 11.6. The van der Waals surface area contributed by atoms with Crippen LogP contribution in [0.1, 0.15) is 39.5 Å². The molecule has 0 N–H and O–H groups in total. The lowest BCUT2D eigenvalue weighted by Gasteiger charge is -2.44. The zero-order valence-corrected chi connectivity index (χ0v) is 10.5. The summed E-state index contributed by atoms with van der Waals surface area (Å²) >= 11 is 0. The molecule has 90 valence electrons. The molecule has 2 aliphatic carbocycles. The first-order chi connectivity index (χ1) is 8.01. The Balaban J connectivity index is 2.09. The van der Waals surface area contributed by atoms with E-state index in [4.69, 9.17) is 4.74 Å². The fourth-order valence-electron chi connectivity index (χ4n) is 3.48.